The summed E-state index contributed by atoms with van der Waals surface area (Å²) in [5, 5.41) is 0. The fourth-order valence-electron chi connectivity index (χ4n) is 1.53. The lowest BCUT2D eigenvalue weighted by atomic mass is 10.1. The second-order valence-corrected chi connectivity index (χ2v) is 3.79. The maximum atomic E-state index is 11.1. The Balaban J connectivity index is 2.30. The number of nitrogen functional groups attached to an aromatic ring is 2. The van der Waals surface area contributed by atoms with Crippen molar-refractivity contribution in [2.45, 2.75) is 0 Å². The zero-order valence-electron chi connectivity index (χ0n) is 9.59. The maximum Gasteiger partial charge on any atom is 0.250 e. The van der Waals surface area contributed by atoms with E-state index in [1.807, 2.05) is 0 Å². The lowest BCUT2D eigenvalue weighted by Gasteiger charge is -2.08. The molecule has 0 spiro atoms. The van der Waals surface area contributed by atoms with Crippen LogP contribution in [0.25, 0.3) is 0 Å². The van der Waals surface area contributed by atoms with E-state index in [4.69, 9.17) is 21.9 Å². The van der Waals surface area contributed by atoms with Crippen LogP contribution in [0.5, 0.6) is 11.5 Å². The SMILES string of the molecule is NC(=O)c1cc(Oc2cccc(N)c2)ccc1N. The van der Waals surface area contributed by atoms with Crippen LogP contribution >= 0.6 is 0 Å². The van der Waals surface area contributed by atoms with Crippen molar-refractivity contribution in [1.82, 2.24) is 0 Å². The van der Waals surface area contributed by atoms with Crippen LogP contribution in [0.1, 0.15) is 10.4 Å². The van der Waals surface area contributed by atoms with Crippen molar-refractivity contribution in [2.24, 2.45) is 5.73 Å². The molecule has 0 aromatic heterocycles. The van der Waals surface area contributed by atoms with Crippen LogP contribution in [0.2, 0.25) is 0 Å². The highest BCUT2D eigenvalue weighted by atomic mass is 16.5. The minimum absolute atomic E-state index is 0.233. The van der Waals surface area contributed by atoms with Crippen molar-refractivity contribution < 1.29 is 9.53 Å². The molecule has 0 atom stereocenters. The van der Waals surface area contributed by atoms with Gasteiger partial charge >= 0.3 is 0 Å². The van der Waals surface area contributed by atoms with Gasteiger partial charge in [0.2, 0.25) is 0 Å². The Bertz CT molecular complexity index is 597. The molecular formula is C13H13N3O2. The van der Waals surface area contributed by atoms with Gasteiger partial charge in [0.15, 0.2) is 0 Å². The molecule has 92 valence electrons. The zero-order valence-corrected chi connectivity index (χ0v) is 9.59. The Kier molecular flexibility index (Phi) is 3.05. The van der Waals surface area contributed by atoms with E-state index in [0.29, 0.717) is 22.9 Å². The third-order valence-electron chi connectivity index (χ3n) is 2.38. The van der Waals surface area contributed by atoms with E-state index >= 15 is 0 Å². The first kappa shape index (κ1) is 11.8. The van der Waals surface area contributed by atoms with Crippen molar-refractivity contribution in [1.29, 1.82) is 0 Å². The highest BCUT2D eigenvalue weighted by Gasteiger charge is 2.08. The molecule has 2 aromatic rings. The number of primary amides is 1. The normalized spacial score (nSPS) is 10.0. The van der Waals surface area contributed by atoms with Crippen LogP contribution in [0.3, 0.4) is 0 Å². The summed E-state index contributed by atoms with van der Waals surface area (Å²) in [6.07, 6.45) is 0. The van der Waals surface area contributed by atoms with Gasteiger partial charge < -0.3 is 21.9 Å². The molecule has 0 aliphatic rings. The number of anilines is 2. The molecule has 2 rings (SSSR count). The molecule has 0 saturated carbocycles. The van der Waals surface area contributed by atoms with Crippen LogP contribution in [-0.4, -0.2) is 5.91 Å². The molecule has 0 aliphatic carbocycles. The molecule has 5 heteroatoms. The average molecular weight is 243 g/mol. The quantitative estimate of drug-likeness (QED) is 0.714. The molecular weight excluding hydrogens is 230 g/mol. The van der Waals surface area contributed by atoms with E-state index in [0.717, 1.165) is 0 Å². The lowest BCUT2D eigenvalue weighted by Crippen LogP contribution is -2.13. The van der Waals surface area contributed by atoms with Crippen molar-refractivity contribution >= 4 is 17.3 Å². The summed E-state index contributed by atoms with van der Waals surface area (Å²) in [4.78, 5) is 11.1. The van der Waals surface area contributed by atoms with Gasteiger partial charge in [-0.15, -0.1) is 0 Å². The van der Waals surface area contributed by atoms with Crippen LogP contribution in [-0.2, 0) is 0 Å². The summed E-state index contributed by atoms with van der Waals surface area (Å²) >= 11 is 0. The third-order valence-corrected chi connectivity index (χ3v) is 2.38. The molecule has 0 heterocycles. The minimum Gasteiger partial charge on any atom is -0.457 e. The molecule has 0 aliphatic heterocycles. The molecule has 2 aromatic carbocycles. The molecule has 0 unspecified atom stereocenters. The number of hydrogen-bond donors (Lipinski definition) is 3. The van der Waals surface area contributed by atoms with E-state index < -0.39 is 5.91 Å². The van der Waals surface area contributed by atoms with Gasteiger partial charge in [-0.3, -0.25) is 4.79 Å². The van der Waals surface area contributed by atoms with Gasteiger partial charge in [-0.05, 0) is 30.3 Å². The number of rotatable bonds is 3. The Morgan fingerprint density at radius 1 is 1.00 bits per heavy atom. The third kappa shape index (κ3) is 2.52. The van der Waals surface area contributed by atoms with Gasteiger partial charge in [0.1, 0.15) is 11.5 Å². The first-order valence-electron chi connectivity index (χ1n) is 5.29. The largest absolute Gasteiger partial charge is 0.457 e. The fourth-order valence-corrected chi connectivity index (χ4v) is 1.53. The number of benzene rings is 2. The molecule has 0 bridgehead atoms. The summed E-state index contributed by atoms with van der Waals surface area (Å²) < 4.78 is 5.56. The molecule has 0 radical (unpaired) electrons. The van der Waals surface area contributed by atoms with Gasteiger partial charge in [-0.1, -0.05) is 6.07 Å². The molecule has 1 amide bonds. The highest BCUT2D eigenvalue weighted by Crippen LogP contribution is 2.26. The van der Waals surface area contributed by atoms with E-state index in [2.05, 4.69) is 0 Å². The van der Waals surface area contributed by atoms with Crippen molar-refractivity contribution in [3.8, 4) is 11.5 Å². The number of amides is 1. The zero-order chi connectivity index (χ0) is 13.1. The molecule has 0 saturated heterocycles. The van der Waals surface area contributed by atoms with Crippen molar-refractivity contribution in [2.75, 3.05) is 11.5 Å². The van der Waals surface area contributed by atoms with Crippen LogP contribution in [0, 0.1) is 0 Å². The van der Waals surface area contributed by atoms with Gasteiger partial charge in [-0.2, -0.15) is 0 Å². The van der Waals surface area contributed by atoms with Crippen LogP contribution < -0.4 is 21.9 Å². The smallest absolute Gasteiger partial charge is 0.250 e. The number of carbonyl (C=O) groups is 1. The Hall–Kier alpha value is -2.69. The molecule has 18 heavy (non-hydrogen) atoms. The average Bonchev–Trinajstić information content (AvgIpc) is 2.31. The second-order valence-electron chi connectivity index (χ2n) is 3.79. The Morgan fingerprint density at radius 2 is 1.72 bits per heavy atom. The lowest BCUT2D eigenvalue weighted by molar-refractivity contribution is 0.100. The minimum atomic E-state index is -0.592. The van der Waals surface area contributed by atoms with Crippen LogP contribution in [0.4, 0.5) is 11.4 Å². The highest BCUT2D eigenvalue weighted by molar-refractivity contribution is 5.98. The molecule has 5 nitrogen and oxygen atoms in total. The molecule has 6 N–H and O–H groups in total. The number of carbonyl (C=O) groups excluding carboxylic acids is 1. The van der Waals surface area contributed by atoms with Gasteiger partial charge in [0.25, 0.3) is 5.91 Å². The van der Waals surface area contributed by atoms with Crippen LogP contribution in [0.15, 0.2) is 42.5 Å². The van der Waals surface area contributed by atoms with E-state index in [1.165, 1.54) is 6.07 Å². The number of nitrogens with two attached hydrogens (primary N) is 3. The second kappa shape index (κ2) is 4.67. The van der Waals surface area contributed by atoms with Gasteiger partial charge in [0.05, 0.1) is 5.56 Å². The number of ether oxygens (including phenoxy) is 1. The standard InChI is InChI=1S/C13H13N3O2/c14-8-2-1-3-9(6-8)18-10-4-5-12(15)11(7-10)13(16)17/h1-7H,14-15H2,(H2,16,17). The summed E-state index contributed by atoms with van der Waals surface area (Å²) in [6.45, 7) is 0. The summed E-state index contributed by atoms with van der Waals surface area (Å²) in [5.41, 5.74) is 17.6. The molecule has 0 fully saturated rings. The van der Waals surface area contributed by atoms with Gasteiger partial charge in [0, 0.05) is 17.4 Å². The van der Waals surface area contributed by atoms with E-state index in [-0.39, 0.29) is 5.56 Å². The summed E-state index contributed by atoms with van der Waals surface area (Å²) in [6, 6.07) is 11.7. The Morgan fingerprint density at radius 3 is 2.39 bits per heavy atom. The number of hydrogen-bond acceptors (Lipinski definition) is 4. The summed E-state index contributed by atoms with van der Waals surface area (Å²) in [5.74, 6) is 0.462. The van der Waals surface area contributed by atoms with Crippen molar-refractivity contribution in [3.63, 3.8) is 0 Å². The topological polar surface area (TPSA) is 104 Å². The first-order chi connectivity index (χ1) is 8.56. The van der Waals surface area contributed by atoms with Crippen molar-refractivity contribution in [3.05, 3.63) is 48.0 Å². The van der Waals surface area contributed by atoms with E-state index in [9.17, 15) is 4.79 Å². The first-order valence-corrected chi connectivity index (χ1v) is 5.29. The maximum absolute atomic E-state index is 11.1. The summed E-state index contributed by atoms with van der Waals surface area (Å²) in [7, 11) is 0. The monoisotopic (exact) mass is 243 g/mol. The van der Waals surface area contributed by atoms with Gasteiger partial charge in [-0.25, -0.2) is 0 Å². The predicted molar refractivity (Wildman–Crippen MR) is 70.3 cm³/mol. The Labute approximate surface area is 104 Å². The predicted octanol–water partition coefficient (Wildman–Crippen LogP) is 1.74. The fraction of sp³-hybridized carbons (Fsp3) is 0. The van der Waals surface area contributed by atoms with E-state index in [1.54, 1.807) is 36.4 Å².